The number of hydrogen-bond donors (Lipinski definition) is 1. The lowest BCUT2D eigenvalue weighted by molar-refractivity contribution is -0.137. The van der Waals surface area contributed by atoms with Gasteiger partial charge in [-0.15, -0.1) is 0 Å². The van der Waals surface area contributed by atoms with E-state index in [0.29, 0.717) is 12.5 Å². The van der Waals surface area contributed by atoms with Crippen LogP contribution in [0.15, 0.2) is 24.3 Å². The minimum absolute atomic E-state index is 0.248. The van der Waals surface area contributed by atoms with Crippen LogP contribution in [0.25, 0.3) is 0 Å². The molecule has 144 valence electrons. The molecule has 1 aliphatic heterocycles. The van der Waals surface area contributed by atoms with Crippen molar-refractivity contribution < 1.29 is 14.7 Å². The number of carboxylic acids is 1. The van der Waals surface area contributed by atoms with Crippen molar-refractivity contribution in [2.45, 2.75) is 76.7 Å². The van der Waals surface area contributed by atoms with E-state index in [1.807, 2.05) is 18.2 Å². The van der Waals surface area contributed by atoms with Crippen molar-refractivity contribution >= 4 is 23.5 Å². The summed E-state index contributed by atoms with van der Waals surface area (Å²) in [4.78, 5) is 24.7. The van der Waals surface area contributed by atoms with Gasteiger partial charge in [-0.2, -0.15) is 0 Å². The molecule has 4 nitrogen and oxygen atoms in total. The molecule has 1 atom stereocenters. The number of unbranched alkanes of at least 4 members (excludes halogenated alkanes) is 4. The van der Waals surface area contributed by atoms with Gasteiger partial charge in [-0.3, -0.25) is 9.59 Å². The predicted octanol–water partition coefficient (Wildman–Crippen LogP) is 5.08. The molecule has 0 aromatic heterocycles. The Morgan fingerprint density at radius 1 is 1.15 bits per heavy atom. The van der Waals surface area contributed by atoms with E-state index in [1.54, 1.807) is 0 Å². The zero-order valence-electron chi connectivity index (χ0n) is 15.5. The minimum atomic E-state index is -0.724. The third kappa shape index (κ3) is 7.36. The molecule has 5 heteroatoms. The number of carboxylic acid groups (broad SMARTS) is 1. The van der Waals surface area contributed by atoms with E-state index < -0.39 is 5.97 Å². The molecule has 2 rings (SSSR count). The fourth-order valence-corrected chi connectivity index (χ4v) is 3.93. The second-order valence-corrected chi connectivity index (χ2v) is 7.65. The Labute approximate surface area is 161 Å². The monoisotopic (exact) mass is 379 g/mol. The highest BCUT2D eigenvalue weighted by atomic mass is 35.5. The van der Waals surface area contributed by atoms with Crippen molar-refractivity contribution in [2.24, 2.45) is 0 Å². The molecule has 1 N–H and O–H groups in total. The van der Waals surface area contributed by atoms with Gasteiger partial charge in [-0.05, 0) is 56.2 Å². The Bertz CT molecular complexity index is 590. The quantitative estimate of drug-likeness (QED) is 0.515. The molecule has 1 saturated heterocycles. The molecule has 1 amide bonds. The van der Waals surface area contributed by atoms with E-state index >= 15 is 0 Å². The number of halogens is 1. The van der Waals surface area contributed by atoms with Gasteiger partial charge in [0.25, 0.3) is 0 Å². The van der Waals surface area contributed by atoms with E-state index in [-0.39, 0.29) is 12.3 Å². The molecule has 1 heterocycles. The molecule has 0 saturated carbocycles. The molecular formula is C21H30ClNO3. The first-order valence-corrected chi connectivity index (χ1v) is 10.2. The van der Waals surface area contributed by atoms with E-state index in [2.05, 4.69) is 11.0 Å². The number of nitrogens with zero attached hydrogens (tertiary/aromatic N) is 1. The summed E-state index contributed by atoms with van der Waals surface area (Å²) < 4.78 is 0. The fraction of sp³-hybridized carbons (Fsp3) is 0.619. The summed E-state index contributed by atoms with van der Waals surface area (Å²) in [6.45, 7) is 0.824. The lowest BCUT2D eigenvalue weighted by Gasteiger charge is -2.25. The van der Waals surface area contributed by atoms with Gasteiger partial charge >= 0.3 is 5.97 Å². The first kappa shape index (κ1) is 20.8. The van der Waals surface area contributed by atoms with Gasteiger partial charge in [0.05, 0.1) is 0 Å². The van der Waals surface area contributed by atoms with Gasteiger partial charge in [-0.1, -0.05) is 43.0 Å². The summed E-state index contributed by atoms with van der Waals surface area (Å²) in [6, 6.07) is 8.42. The number of hydrogen-bond acceptors (Lipinski definition) is 2. The lowest BCUT2D eigenvalue weighted by atomic mass is 10.0. The Kier molecular flexibility index (Phi) is 8.96. The molecule has 1 aliphatic rings. The standard InChI is InChI=1S/C21H30ClNO3/c22-18-10-7-9-17(16-18)8-4-5-11-19-13-14-20(24)23(19)15-6-2-1-3-12-21(25)26/h7,9-10,16,19H,1-6,8,11-15H2,(H,25,26). The summed E-state index contributed by atoms with van der Waals surface area (Å²) in [6.07, 6.45) is 9.90. The van der Waals surface area contributed by atoms with Crippen LogP contribution in [-0.2, 0) is 16.0 Å². The van der Waals surface area contributed by atoms with Gasteiger partial charge in [0.1, 0.15) is 0 Å². The molecular weight excluding hydrogens is 350 g/mol. The molecule has 26 heavy (non-hydrogen) atoms. The van der Waals surface area contributed by atoms with Gasteiger partial charge < -0.3 is 10.0 Å². The molecule has 1 aromatic rings. The number of carbonyl (C=O) groups excluding carboxylic acids is 1. The Morgan fingerprint density at radius 3 is 2.73 bits per heavy atom. The van der Waals surface area contributed by atoms with Crippen molar-refractivity contribution in [3.8, 4) is 0 Å². The zero-order chi connectivity index (χ0) is 18.8. The minimum Gasteiger partial charge on any atom is -0.481 e. The van der Waals surface area contributed by atoms with Crippen LogP contribution in [0.5, 0.6) is 0 Å². The highest BCUT2D eigenvalue weighted by Crippen LogP contribution is 2.24. The van der Waals surface area contributed by atoms with Crippen LogP contribution in [0.2, 0.25) is 5.02 Å². The first-order chi connectivity index (χ1) is 12.6. The predicted molar refractivity (Wildman–Crippen MR) is 104 cm³/mol. The summed E-state index contributed by atoms with van der Waals surface area (Å²) in [5, 5.41) is 9.43. The Hall–Kier alpha value is -1.55. The molecule has 0 bridgehead atoms. The van der Waals surface area contributed by atoms with Crippen molar-refractivity contribution in [3.63, 3.8) is 0 Å². The molecule has 1 aromatic carbocycles. The third-order valence-corrected chi connectivity index (χ3v) is 5.37. The highest BCUT2D eigenvalue weighted by molar-refractivity contribution is 6.30. The number of rotatable bonds is 12. The SMILES string of the molecule is O=C(O)CCCCCCN1C(=O)CCC1CCCCc1cccc(Cl)c1. The van der Waals surface area contributed by atoms with Crippen LogP contribution in [-0.4, -0.2) is 34.5 Å². The number of amides is 1. The van der Waals surface area contributed by atoms with Crippen LogP contribution < -0.4 is 0 Å². The fourth-order valence-electron chi connectivity index (χ4n) is 3.71. The second kappa shape index (κ2) is 11.2. The lowest BCUT2D eigenvalue weighted by Crippen LogP contribution is -2.33. The van der Waals surface area contributed by atoms with Crippen LogP contribution in [0, 0.1) is 0 Å². The van der Waals surface area contributed by atoms with Crippen LogP contribution in [0.1, 0.15) is 69.8 Å². The summed E-state index contributed by atoms with van der Waals surface area (Å²) >= 11 is 6.02. The van der Waals surface area contributed by atoms with Crippen molar-refractivity contribution in [1.29, 1.82) is 0 Å². The smallest absolute Gasteiger partial charge is 0.303 e. The van der Waals surface area contributed by atoms with E-state index in [1.165, 1.54) is 5.56 Å². The van der Waals surface area contributed by atoms with Crippen molar-refractivity contribution in [1.82, 2.24) is 4.90 Å². The summed E-state index contributed by atoms with van der Waals surface area (Å²) in [5.74, 6) is -0.437. The second-order valence-electron chi connectivity index (χ2n) is 7.21. The number of carbonyl (C=O) groups is 2. The average Bonchev–Trinajstić information content (AvgIpc) is 2.95. The first-order valence-electron chi connectivity index (χ1n) is 9.82. The highest BCUT2D eigenvalue weighted by Gasteiger charge is 2.29. The zero-order valence-corrected chi connectivity index (χ0v) is 16.2. The van der Waals surface area contributed by atoms with E-state index in [9.17, 15) is 9.59 Å². The topological polar surface area (TPSA) is 57.6 Å². The van der Waals surface area contributed by atoms with Gasteiger partial charge in [0.2, 0.25) is 5.91 Å². The van der Waals surface area contributed by atoms with Gasteiger partial charge in [0, 0.05) is 30.5 Å². The van der Waals surface area contributed by atoms with E-state index in [4.69, 9.17) is 16.7 Å². The van der Waals surface area contributed by atoms with Crippen molar-refractivity contribution in [3.05, 3.63) is 34.9 Å². The number of aryl methyl sites for hydroxylation is 1. The number of aliphatic carboxylic acids is 1. The van der Waals surface area contributed by atoms with Crippen molar-refractivity contribution in [2.75, 3.05) is 6.54 Å². The molecule has 1 fully saturated rings. The van der Waals surface area contributed by atoms with Gasteiger partial charge in [0.15, 0.2) is 0 Å². The molecule has 0 aliphatic carbocycles. The average molecular weight is 380 g/mol. The maximum Gasteiger partial charge on any atom is 0.303 e. The summed E-state index contributed by atoms with van der Waals surface area (Å²) in [7, 11) is 0. The van der Waals surface area contributed by atoms with E-state index in [0.717, 1.165) is 69.4 Å². The maximum absolute atomic E-state index is 12.1. The normalized spacial score (nSPS) is 17.0. The van der Waals surface area contributed by atoms with Crippen LogP contribution in [0.3, 0.4) is 0 Å². The molecule has 0 spiro atoms. The molecule has 1 unspecified atom stereocenters. The maximum atomic E-state index is 12.1. The number of likely N-dealkylation sites (tertiary alicyclic amines) is 1. The third-order valence-electron chi connectivity index (χ3n) is 5.13. The Balaban J connectivity index is 1.62. The van der Waals surface area contributed by atoms with Crippen LogP contribution >= 0.6 is 11.6 Å². The summed E-state index contributed by atoms with van der Waals surface area (Å²) in [5.41, 5.74) is 1.28. The van der Waals surface area contributed by atoms with Gasteiger partial charge in [-0.25, -0.2) is 0 Å². The largest absolute Gasteiger partial charge is 0.481 e. The van der Waals surface area contributed by atoms with Crippen LogP contribution in [0.4, 0.5) is 0 Å². The number of benzene rings is 1. The molecule has 0 radical (unpaired) electrons. The Morgan fingerprint density at radius 2 is 1.96 bits per heavy atom.